The van der Waals surface area contributed by atoms with Gasteiger partial charge in [0.15, 0.2) is 5.69 Å². The number of hydrogen-bond donors (Lipinski definition) is 0. The maximum absolute atomic E-state index is 12.5. The highest BCUT2D eigenvalue weighted by atomic mass is 32.2. The number of alkyl halides is 3. The summed E-state index contributed by atoms with van der Waals surface area (Å²) in [6, 6.07) is -0.435. The highest BCUT2D eigenvalue weighted by Crippen LogP contribution is 2.30. The fourth-order valence-electron chi connectivity index (χ4n) is 1.76. The molecule has 0 N–H and O–H groups in total. The van der Waals surface area contributed by atoms with Crippen LogP contribution < -0.4 is 0 Å². The fraction of sp³-hybridized carbons (Fsp3) is 0.667. The van der Waals surface area contributed by atoms with Crippen molar-refractivity contribution in [3.8, 4) is 0 Å². The normalized spacial score (nSPS) is 19.5. The molecule has 124 valence electrons. The molecular weight excluding hydrogens is 323 g/mol. The Kier molecular flexibility index (Phi) is 4.62. The van der Waals surface area contributed by atoms with Crippen molar-refractivity contribution in [2.24, 2.45) is 0 Å². The van der Waals surface area contributed by atoms with Gasteiger partial charge in [-0.15, -0.1) is 0 Å². The summed E-state index contributed by atoms with van der Waals surface area (Å²) in [6.07, 6.45) is -3.09. The summed E-state index contributed by atoms with van der Waals surface area (Å²) >= 11 is 0.834. The molecule has 1 atom stereocenters. The molecule has 0 saturated carbocycles. The Labute approximate surface area is 129 Å². The van der Waals surface area contributed by atoms with Crippen LogP contribution in [0.25, 0.3) is 0 Å². The van der Waals surface area contributed by atoms with E-state index in [2.05, 4.69) is 4.98 Å². The van der Waals surface area contributed by atoms with Gasteiger partial charge in [0.25, 0.3) is 0 Å². The monoisotopic (exact) mass is 339 g/mol. The Balaban J connectivity index is 2.02. The summed E-state index contributed by atoms with van der Waals surface area (Å²) in [5, 5.41) is 0. The van der Waals surface area contributed by atoms with Gasteiger partial charge in [-0.05, 0) is 20.8 Å². The average Bonchev–Trinajstić information content (AvgIpc) is 2.95. The Hall–Kier alpha value is -1.42. The molecule has 1 saturated heterocycles. The zero-order chi connectivity index (χ0) is 16.5. The zero-order valence-electron chi connectivity index (χ0n) is 12.3. The number of nitrogens with zero attached hydrogens (tertiary/aromatic N) is 3. The van der Waals surface area contributed by atoms with Gasteiger partial charge in [-0.3, -0.25) is 4.18 Å². The first-order valence-corrected chi connectivity index (χ1v) is 7.17. The third-order valence-electron chi connectivity index (χ3n) is 2.64. The molecule has 0 radical (unpaired) electrons. The number of rotatable bonds is 2. The topological polar surface area (TPSA) is 56.6 Å². The minimum absolute atomic E-state index is 0.134. The van der Waals surface area contributed by atoms with Gasteiger partial charge in [0.05, 0.1) is 19.0 Å². The minimum Gasteiger partial charge on any atom is -0.443 e. The summed E-state index contributed by atoms with van der Waals surface area (Å²) in [6.45, 7) is 5.52. The van der Waals surface area contributed by atoms with E-state index in [1.165, 1.54) is 8.87 Å². The number of ether oxygens (including phenoxy) is 1. The smallest absolute Gasteiger partial charge is 0.434 e. The minimum atomic E-state index is -4.49. The maximum Gasteiger partial charge on any atom is 0.434 e. The molecule has 1 aliphatic heterocycles. The van der Waals surface area contributed by atoms with Crippen LogP contribution in [0.15, 0.2) is 12.5 Å². The van der Waals surface area contributed by atoms with Crippen LogP contribution in [0.2, 0.25) is 0 Å². The predicted molar refractivity (Wildman–Crippen MR) is 72.6 cm³/mol. The van der Waals surface area contributed by atoms with E-state index in [4.69, 9.17) is 8.92 Å². The van der Waals surface area contributed by atoms with E-state index in [0.717, 1.165) is 24.8 Å². The Morgan fingerprint density at radius 1 is 1.50 bits per heavy atom. The summed E-state index contributed by atoms with van der Waals surface area (Å²) in [5.74, 6) is 0. The van der Waals surface area contributed by atoms with Crippen molar-refractivity contribution in [3.63, 3.8) is 0 Å². The highest BCUT2D eigenvalue weighted by molar-refractivity contribution is 7.93. The van der Waals surface area contributed by atoms with Crippen molar-refractivity contribution in [2.45, 2.75) is 45.1 Å². The van der Waals surface area contributed by atoms with Crippen LogP contribution in [-0.4, -0.2) is 38.2 Å². The second-order valence-corrected chi connectivity index (χ2v) is 6.55. The van der Waals surface area contributed by atoms with E-state index < -0.39 is 29.6 Å². The molecule has 0 aromatic carbocycles. The van der Waals surface area contributed by atoms with E-state index in [9.17, 15) is 18.0 Å². The molecule has 0 bridgehead atoms. The molecule has 1 aliphatic rings. The Bertz CT molecular complexity index is 542. The van der Waals surface area contributed by atoms with Gasteiger partial charge in [-0.2, -0.15) is 13.2 Å². The summed E-state index contributed by atoms with van der Waals surface area (Å²) < 4.78 is 50.5. The van der Waals surface area contributed by atoms with Crippen LogP contribution in [0.5, 0.6) is 0 Å². The SMILES string of the molecule is CC(C)(C)OC(=O)N1SOC[C@@H]1Cn1cnc(C(F)(F)F)c1. The lowest BCUT2D eigenvalue weighted by molar-refractivity contribution is -0.141. The number of carbonyl (C=O) groups excluding carboxylic acids is 1. The van der Waals surface area contributed by atoms with Gasteiger partial charge in [0, 0.05) is 12.7 Å². The highest BCUT2D eigenvalue weighted by Gasteiger charge is 2.37. The van der Waals surface area contributed by atoms with Gasteiger partial charge in [-0.1, -0.05) is 0 Å². The molecule has 2 rings (SSSR count). The molecule has 0 aliphatic carbocycles. The van der Waals surface area contributed by atoms with E-state index in [1.807, 2.05) is 0 Å². The average molecular weight is 339 g/mol. The van der Waals surface area contributed by atoms with Crippen molar-refractivity contribution in [1.29, 1.82) is 0 Å². The summed E-state index contributed by atoms with van der Waals surface area (Å²) in [7, 11) is 0. The van der Waals surface area contributed by atoms with Crippen LogP contribution >= 0.6 is 12.2 Å². The molecule has 10 heteroatoms. The quantitative estimate of drug-likeness (QED) is 0.612. The van der Waals surface area contributed by atoms with Gasteiger partial charge in [0.2, 0.25) is 0 Å². The van der Waals surface area contributed by atoms with Crippen molar-refractivity contribution in [3.05, 3.63) is 18.2 Å². The molecule has 1 aromatic rings. The van der Waals surface area contributed by atoms with Gasteiger partial charge in [-0.25, -0.2) is 14.1 Å². The molecule has 0 unspecified atom stereocenters. The molecule has 22 heavy (non-hydrogen) atoms. The van der Waals surface area contributed by atoms with Crippen LogP contribution in [0.1, 0.15) is 26.5 Å². The van der Waals surface area contributed by atoms with Crippen molar-refractivity contribution in [2.75, 3.05) is 6.61 Å². The lowest BCUT2D eigenvalue weighted by atomic mass is 10.2. The molecule has 1 amide bonds. The van der Waals surface area contributed by atoms with E-state index >= 15 is 0 Å². The number of hydrogen-bond acceptors (Lipinski definition) is 5. The third-order valence-corrected chi connectivity index (χ3v) is 3.49. The molecule has 2 heterocycles. The summed E-state index contributed by atoms with van der Waals surface area (Å²) in [4.78, 5) is 15.3. The number of carbonyl (C=O) groups is 1. The van der Waals surface area contributed by atoms with Crippen LogP contribution in [0.4, 0.5) is 18.0 Å². The van der Waals surface area contributed by atoms with Crippen LogP contribution in [-0.2, 0) is 21.6 Å². The lowest BCUT2D eigenvalue weighted by Gasteiger charge is -2.25. The van der Waals surface area contributed by atoms with E-state index in [0.29, 0.717) is 0 Å². The van der Waals surface area contributed by atoms with Crippen LogP contribution in [0.3, 0.4) is 0 Å². The fourth-order valence-corrected chi connectivity index (χ4v) is 2.44. The van der Waals surface area contributed by atoms with Gasteiger partial charge < -0.3 is 9.30 Å². The van der Waals surface area contributed by atoms with E-state index in [1.54, 1.807) is 20.8 Å². The predicted octanol–water partition coefficient (Wildman–Crippen LogP) is 3.10. The second-order valence-electron chi connectivity index (χ2n) is 5.77. The Morgan fingerprint density at radius 2 is 2.18 bits per heavy atom. The first-order valence-electron chi connectivity index (χ1n) is 6.47. The largest absolute Gasteiger partial charge is 0.443 e. The van der Waals surface area contributed by atoms with Crippen molar-refractivity contribution < 1.29 is 26.9 Å². The third kappa shape index (κ3) is 4.29. The number of imidazole rings is 1. The van der Waals surface area contributed by atoms with Gasteiger partial charge in [0.1, 0.15) is 17.8 Å². The molecule has 6 nitrogen and oxygen atoms in total. The molecule has 1 aromatic heterocycles. The van der Waals surface area contributed by atoms with E-state index in [-0.39, 0.29) is 13.2 Å². The lowest BCUT2D eigenvalue weighted by Crippen LogP contribution is -2.39. The maximum atomic E-state index is 12.5. The first-order chi connectivity index (χ1) is 10.1. The standard InChI is InChI=1S/C12H16F3N3O3S/c1-11(2,3)21-10(19)18-8(6-20-22-18)4-17-5-9(16-7-17)12(13,14)15/h5,7-8H,4,6H2,1-3H3/t8-/m0/s1. The number of halogens is 3. The number of aromatic nitrogens is 2. The first kappa shape index (κ1) is 16.9. The van der Waals surface area contributed by atoms with Crippen LogP contribution in [0, 0.1) is 0 Å². The Morgan fingerprint density at radius 3 is 2.73 bits per heavy atom. The number of amides is 1. The molecule has 1 fully saturated rings. The van der Waals surface area contributed by atoms with Gasteiger partial charge >= 0.3 is 12.3 Å². The zero-order valence-corrected chi connectivity index (χ0v) is 13.1. The second kappa shape index (κ2) is 5.99. The van der Waals surface area contributed by atoms with Crippen molar-refractivity contribution in [1.82, 2.24) is 13.9 Å². The molecule has 0 spiro atoms. The summed E-state index contributed by atoms with van der Waals surface area (Å²) in [5.41, 5.74) is -1.63. The van der Waals surface area contributed by atoms with Crippen molar-refractivity contribution >= 4 is 18.3 Å². The molecular formula is C12H16F3N3O3S.